The van der Waals surface area contributed by atoms with Crippen LogP contribution in [0.25, 0.3) is 61.3 Å². The van der Waals surface area contributed by atoms with E-state index in [1.807, 2.05) is 91.1 Å². The van der Waals surface area contributed by atoms with Gasteiger partial charge < -0.3 is 14.8 Å². The van der Waals surface area contributed by atoms with Gasteiger partial charge in [0.25, 0.3) is 0 Å². The van der Waals surface area contributed by atoms with Gasteiger partial charge in [0.05, 0.1) is 29.4 Å². The van der Waals surface area contributed by atoms with Crippen LogP contribution in [0.3, 0.4) is 0 Å². The van der Waals surface area contributed by atoms with Crippen molar-refractivity contribution in [3.8, 4) is 56.9 Å². The maximum absolute atomic E-state index is 11.4. The highest BCUT2D eigenvalue weighted by Gasteiger charge is 2.28. The predicted octanol–water partition coefficient (Wildman–Crippen LogP) is 7.49. The van der Waals surface area contributed by atoms with Crippen LogP contribution in [0, 0.1) is 11.3 Å². The summed E-state index contributed by atoms with van der Waals surface area (Å²) < 4.78 is 7.27. The first-order chi connectivity index (χ1) is 20.2. The van der Waals surface area contributed by atoms with E-state index in [2.05, 4.69) is 11.1 Å². The van der Waals surface area contributed by atoms with Crippen molar-refractivity contribution in [2.75, 3.05) is 7.11 Å². The predicted molar refractivity (Wildman–Crippen MR) is 160 cm³/mol. The van der Waals surface area contributed by atoms with E-state index in [9.17, 15) is 10.4 Å². The number of aromatic nitrogens is 4. The highest BCUT2D eigenvalue weighted by atomic mass is 16.5. The number of nitriles is 1. The number of ether oxygens (including phenoxy) is 1. The molecule has 0 aliphatic heterocycles. The minimum atomic E-state index is -0.0599. The summed E-state index contributed by atoms with van der Waals surface area (Å²) in [6, 6.07) is 35.2. The van der Waals surface area contributed by atoms with Gasteiger partial charge in [0.1, 0.15) is 11.8 Å². The number of rotatable bonds is 5. The highest BCUT2D eigenvalue weighted by Crippen LogP contribution is 2.47. The molecule has 0 unspecified atom stereocenters. The highest BCUT2D eigenvalue weighted by molar-refractivity contribution is 6.09. The summed E-state index contributed by atoms with van der Waals surface area (Å²) in [6.07, 6.45) is 1.87. The molecule has 3 heterocycles. The van der Waals surface area contributed by atoms with Crippen molar-refractivity contribution in [1.82, 2.24) is 19.7 Å². The lowest BCUT2D eigenvalue weighted by molar-refractivity contribution is 0.374. The molecule has 3 aromatic heterocycles. The summed E-state index contributed by atoms with van der Waals surface area (Å²) in [7, 11) is 1.51. The molecule has 0 aliphatic rings. The monoisotopic (exact) mass is 533 g/mol. The van der Waals surface area contributed by atoms with Crippen molar-refractivity contribution in [3.63, 3.8) is 0 Å². The fraction of sp³-hybridized carbons (Fsp3) is 0.0294. The van der Waals surface area contributed by atoms with Crippen LogP contribution >= 0.6 is 0 Å². The van der Waals surface area contributed by atoms with E-state index < -0.39 is 0 Å². The van der Waals surface area contributed by atoms with Crippen molar-refractivity contribution in [1.29, 1.82) is 5.26 Å². The van der Waals surface area contributed by atoms with Gasteiger partial charge in [0.2, 0.25) is 0 Å². The quantitative estimate of drug-likeness (QED) is 0.239. The second kappa shape index (κ2) is 9.70. The molecule has 0 radical (unpaired) electrons. The number of nitrogens with one attached hydrogen (secondary N) is 1. The Morgan fingerprint density at radius 2 is 1.56 bits per heavy atom. The fourth-order valence-corrected chi connectivity index (χ4v) is 5.42. The van der Waals surface area contributed by atoms with Gasteiger partial charge in [0.15, 0.2) is 17.1 Å². The van der Waals surface area contributed by atoms with Gasteiger partial charge in [-0.05, 0) is 24.3 Å². The molecule has 0 bridgehead atoms. The van der Waals surface area contributed by atoms with Gasteiger partial charge in [-0.15, -0.1) is 0 Å². The van der Waals surface area contributed by atoms with E-state index in [1.54, 1.807) is 22.9 Å². The van der Waals surface area contributed by atoms with Crippen molar-refractivity contribution in [2.45, 2.75) is 0 Å². The number of methoxy groups -OCH3 is 1. The summed E-state index contributed by atoms with van der Waals surface area (Å²) in [5, 5.41) is 28.8. The Bertz CT molecular complexity index is 2110. The molecule has 4 aromatic carbocycles. The molecule has 0 spiro atoms. The number of benzene rings is 4. The van der Waals surface area contributed by atoms with Gasteiger partial charge in [-0.2, -0.15) is 10.4 Å². The third-order valence-electron chi connectivity index (χ3n) is 7.31. The van der Waals surface area contributed by atoms with Crippen LogP contribution < -0.4 is 4.74 Å². The average Bonchev–Trinajstić information content (AvgIpc) is 3.63. The molecule has 196 valence electrons. The summed E-state index contributed by atoms with van der Waals surface area (Å²) in [4.78, 5) is 8.48. The fourth-order valence-electron chi connectivity index (χ4n) is 5.42. The first kappa shape index (κ1) is 24.2. The van der Waals surface area contributed by atoms with Crippen LogP contribution in [0.4, 0.5) is 0 Å². The summed E-state index contributed by atoms with van der Waals surface area (Å²) in [5.41, 5.74) is 6.42. The molecule has 41 heavy (non-hydrogen) atoms. The number of phenolic OH excluding ortho intramolecular Hbond substituents is 1. The Morgan fingerprint density at radius 3 is 2.32 bits per heavy atom. The van der Waals surface area contributed by atoms with Gasteiger partial charge in [-0.1, -0.05) is 78.9 Å². The van der Waals surface area contributed by atoms with E-state index >= 15 is 0 Å². The maximum Gasteiger partial charge on any atom is 0.165 e. The van der Waals surface area contributed by atoms with Gasteiger partial charge >= 0.3 is 0 Å². The lowest BCUT2D eigenvalue weighted by atomic mass is 9.91. The van der Waals surface area contributed by atoms with Crippen LogP contribution in [0.2, 0.25) is 0 Å². The zero-order valence-corrected chi connectivity index (χ0v) is 22.0. The molecular formula is C34H23N5O2. The second-order valence-corrected chi connectivity index (χ2v) is 9.59. The molecule has 0 amide bonds. The van der Waals surface area contributed by atoms with Crippen LogP contribution in [0.15, 0.2) is 109 Å². The molecule has 7 rings (SSSR count). The molecule has 0 atom stereocenters. The molecule has 7 nitrogen and oxygen atoms in total. The van der Waals surface area contributed by atoms with Gasteiger partial charge in [-0.3, -0.25) is 0 Å². The van der Waals surface area contributed by atoms with Crippen LogP contribution in [-0.4, -0.2) is 32.0 Å². The number of nitrogens with zero attached hydrogens (tertiary/aromatic N) is 4. The third kappa shape index (κ3) is 3.81. The zero-order chi connectivity index (χ0) is 27.9. The van der Waals surface area contributed by atoms with Gasteiger partial charge in [-0.25, -0.2) is 9.67 Å². The van der Waals surface area contributed by atoms with Crippen molar-refractivity contribution in [2.24, 2.45) is 0 Å². The minimum Gasteiger partial charge on any atom is -0.504 e. The maximum atomic E-state index is 11.4. The molecule has 2 N–H and O–H groups in total. The number of phenols is 1. The molecular weight excluding hydrogens is 510 g/mol. The number of hydrogen-bond donors (Lipinski definition) is 2. The summed E-state index contributed by atoms with van der Waals surface area (Å²) in [6.45, 7) is 0. The molecule has 0 saturated heterocycles. The first-order valence-electron chi connectivity index (χ1n) is 13.1. The minimum absolute atomic E-state index is 0.0599. The van der Waals surface area contributed by atoms with E-state index in [0.29, 0.717) is 44.9 Å². The van der Waals surface area contributed by atoms with Gasteiger partial charge in [0, 0.05) is 39.4 Å². The number of aromatic hydroxyl groups is 1. The van der Waals surface area contributed by atoms with Crippen molar-refractivity contribution < 1.29 is 9.84 Å². The Morgan fingerprint density at radius 1 is 0.829 bits per heavy atom. The molecule has 0 saturated carbocycles. The Hall–Kier alpha value is -5.87. The number of fused-ring (bicyclic) bond motifs is 2. The number of H-pyrrole nitrogens is 1. The Kier molecular flexibility index (Phi) is 5.73. The number of pyridine rings is 1. The van der Waals surface area contributed by atoms with Crippen LogP contribution in [0.5, 0.6) is 11.5 Å². The number of para-hydroxylation sites is 3. The largest absolute Gasteiger partial charge is 0.504 e. The van der Waals surface area contributed by atoms with E-state index in [1.165, 1.54) is 7.11 Å². The van der Waals surface area contributed by atoms with E-state index in [4.69, 9.17) is 14.8 Å². The smallest absolute Gasteiger partial charge is 0.165 e. The molecule has 7 heteroatoms. The van der Waals surface area contributed by atoms with Crippen molar-refractivity contribution >= 4 is 21.9 Å². The molecule has 0 aliphatic carbocycles. The summed E-state index contributed by atoms with van der Waals surface area (Å²) in [5.74, 6) is 0.247. The van der Waals surface area contributed by atoms with E-state index in [0.717, 1.165) is 27.7 Å². The van der Waals surface area contributed by atoms with Crippen molar-refractivity contribution in [3.05, 3.63) is 115 Å². The standard InChI is InChI=1S/C34H23N5O2/c1-41-28-18-10-16-24(33(28)40)29-25(19-35)32(26-20-36-27-17-9-8-15-23(26)27)37-34-30(29)31(21-11-4-2-5-12-21)38-39(34)22-13-6-3-7-14-22/h2-18,20,36,40H,1H3. The lowest BCUT2D eigenvalue weighted by Crippen LogP contribution is -2.01. The Balaban J connectivity index is 1.71. The zero-order valence-electron chi connectivity index (χ0n) is 22.0. The normalized spacial score (nSPS) is 11.1. The van der Waals surface area contributed by atoms with Crippen LogP contribution in [-0.2, 0) is 0 Å². The number of aromatic amines is 1. The van der Waals surface area contributed by atoms with E-state index in [-0.39, 0.29) is 5.75 Å². The SMILES string of the molecule is COc1cccc(-c2c(C#N)c(-c3c[nH]c4ccccc34)nc3c2c(-c2ccccc2)nn3-c2ccccc2)c1O. The first-order valence-corrected chi connectivity index (χ1v) is 13.1. The van der Waals surface area contributed by atoms with Crippen LogP contribution in [0.1, 0.15) is 5.56 Å². The number of hydrogen-bond acceptors (Lipinski definition) is 5. The molecule has 0 fully saturated rings. The lowest BCUT2D eigenvalue weighted by Gasteiger charge is -2.15. The molecule has 7 aromatic rings. The summed E-state index contributed by atoms with van der Waals surface area (Å²) >= 11 is 0. The third-order valence-corrected chi connectivity index (χ3v) is 7.31. The Labute approximate surface area is 235 Å². The second-order valence-electron chi connectivity index (χ2n) is 9.59. The average molecular weight is 534 g/mol. The topological polar surface area (TPSA) is 99.8 Å².